The molecule has 0 atom stereocenters. The zero-order valence-electron chi connectivity index (χ0n) is 11.1. The molecule has 0 radical (unpaired) electrons. The molecule has 0 saturated heterocycles. The SMILES string of the molecule is N#CC(=Cc1ccc(Cl)c(Cl)c1)C(=O)Nc1ccc(Cl)cc1. The van der Waals surface area contributed by atoms with E-state index < -0.39 is 5.91 Å². The van der Waals surface area contributed by atoms with Gasteiger partial charge in [0.25, 0.3) is 5.91 Å². The summed E-state index contributed by atoms with van der Waals surface area (Å²) < 4.78 is 0. The molecule has 0 bridgehead atoms. The van der Waals surface area contributed by atoms with Crippen LogP contribution in [0.4, 0.5) is 5.69 Å². The van der Waals surface area contributed by atoms with Crippen molar-refractivity contribution in [2.45, 2.75) is 0 Å². The third-order valence-electron chi connectivity index (χ3n) is 2.72. The predicted octanol–water partition coefficient (Wildman–Crippen LogP) is 5.19. The first kappa shape index (κ1) is 16.4. The summed E-state index contributed by atoms with van der Waals surface area (Å²) in [5.41, 5.74) is 1.11. The first-order valence-corrected chi connectivity index (χ1v) is 7.27. The Morgan fingerprint density at radius 3 is 2.32 bits per heavy atom. The van der Waals surface area contributed by atoms with Crippen molar-refractivity contribution in [3.05, 3.63) is 68.7 Å². The Bertz CT molecular complexity index is 777. The molecule has 2 aromatic rings. The van der Waals surface area contributed by atoms with Crippen LogP contribution in [0.2, 0.25) is 15.1 Å². The zero-order chi connectivity index (χ0) is 16.1. The van der Waals surface area contributed by atoms with E-state index in [2.05, 4.69) is 5.32 Å². The fraction of sp³-hybridized carbons (Fsp3) is 0. The van der Waals surface area contributed by atoms with Gasteiger partial charge in [-0.05, 0) is 48.0 Å². The minimum Gasteiger partial charge on any atom is -0.321 e. The van der Waals surface area contributed by atoms with E-state index >= 15 is 0 Å². The number of nitrogens with zero attached hydrogens (tertiary/aromatic N) is 1. The van der Waals surface area contributed by atoms with Crippen molar-refractivity contribution in [2.75, 3.05) is 5.32 Å². The van der Waals surface area contributed by atoms with Gasteiger partial charge in [-0.2, -0.15) is 5.26 Å². The van der Waals surface area contributed by atoms with Crippen LogP contribution in [0.1, 0.15) is 5.56 Å². The number of rotatable bonds is 3. The van der Waals surface area contributed by atoms with Crippen molar-refractivity contribution in [3.63, 3.8) is 0 Å². The molecule has 1 amide bonds. The number of nitrogens with one attached hydrogen (secondary N) is 1. The van der Waals surface area contributed by atoms with Crippen LogP contribution in [-0.2, 0) is 4.79 Å². The molecule has 0 aliphatic carbocycles. The summed E-state index contributed by atoms with van der Waals surface area (Å²) in [5, 5.41) is 13.1. The molecule has 0 aliphatic rings. The molecule has 0 saturated carbocycles. The minimum absolute atomic E-state index is 0.0478. The monoisotopic (exact) mass is 350 g/mol. The molecule has 3 nitrogen and oxygen atoms in total. The van der Waals surface area contributed by atoms with Crippen LogP contribution in [0.5, 0.6) is 0 Å². The summed E-state index contributed by atoms with van der Waals surface area (Å²) in [7, 11) is 0. The lowest BCUT2D eigenvalue weighted by Crippen LogP contribution is -2.13. The largest absolute Gasteiger partial charge is 0.321 e. The van der Waals surface area contributed by atoms with Crippen LogP contribution < -0.4 is 5.32 Å². The van der Waals surface area contributed by atoms with Crippen LogP contribution in [0.15, 0.2) is 48.0 Å². The van der Waals surface area contributed by atoms with Gasteiger partial charge in [0.1, 0.15) is 11.6 Å². The molecular formula is C16H9Cl3N2O. The standard InChI is InChI=1S/C16H9Cl3N2O/c17-12-2-4-13(5-3-12)21-16(22)11(9-20)7-10-1-6-14(18)15(19)8-10/h1-8H,(H,21,22). The number of hydrogen-bond donors (Lipinski definition) is 1. The average molecular weight is 352 g/mol. The Balaban J connectivity index is 2.21. The Morgan fingerprint density at radius 2 is 1.73 bits per heavy atom. The van der Waals surface area contributed by atoms with Gasteiger partial charge in [-0.1, -0.05) is 40.9 Å². The number of carbonyl (C=O) groups excluding carboxylic acids is 1. The fourth-order valence-corrected chi connectivity index (χ4v) is 2.08. The van der Waals surface area contributed by atoms with Crippen LogP contribution >= 0.6 is 34.8 Å². The molecule has 1 N–H and O–H groups in total. The Labute approximate surface area is 142 Å². The van der Waals surface area contributed by atoms with E-state index in [0.29, 0.717) is 26.3 Å². The van der Waals surface area contributed by atoms with E-state index in [9.17, 15) is 4.79 Å². The highest BCUT2D eigenvalue weighted by molar-refractivity contribution is 6.42. The van der Waals surface area contributed by atoms with Crippen molar-refractivity contribution in [1.29, 1.82) is 5.26 Å². The van der Waals surface area contributed by atoms with Crippen LogP contribution in [0.25, 0.3) is 6.08 Å². The van der Waals surface area contributed by atoms with Gasteiger partial charge in [-0.15, -0.1) is 0 Å². The van der Waals surface area contributed by atoms with E-state index in [-0.39, 0.29) is 5.57 Å². The fourth-order valence-electron chi connectivity index (χ4n) is 1.65. The molecular weight excluding hydrogens is 343 g/mol. The Kier molecular flexibility index (Phi) is 5.46. The molecule has 6 heteroatoms. The lowest BCUT2D eigenvalue weighted by molar-refractivity contribution is -0.112. The molecule has 110 valence electrons. The maximum absolute atomic E-state index is 12.1. The van der Waals surface area contributed by atoms with E-state index in [1.165, 1.54) is 6.08 Å². The highest BCUT2D eigenvalue weighted by Crippen LogP contribution is 2.24. The summed E-state index contributed by atoms with van der Waals surface area (Å²) in [5.74, 6) is -0.518. The van der Waals surface area contributed by atoms with Crippen molar-refractivity contribution >= 4 is 52.5 Å². The molecule has 2 aromatic carbocycles. The quantitative estimate of drug-likeness (QED) is 0.611. The number of carbonyl (C=O) groups is 1. The van der Waals surface area contributed by atoms with Gasteiger partial charge in [-0.3, -0.25) is 4.79 Å². The first-order chi connectivity index (χ1) is 10.5. The summed E-state index contributed by atoms with van der Waals surface area (Å²) in [6, 6.07) is 13.3. The van der Waals surface area contributed by atoms with E-state index in [1.54, 1.807) is 42.5 Å². The highest BCUT2D eigenvalue weighted by atomic mass is 35.5. The number of hydrogen-bond acceptors (Lipinski definition) is 2. The maximum atomic E-state index is 12.1. The lowest BCUT2D eigenvalue weighted by atomic mass is 10.1. The second kappa shape index (κ2) is 7.33. The van der Waals surface area contributed by atoms with Crippen LogP contribution in [-0.4, -0.2) is 5.91 Å². The van der Waals surface area contributed by atoms with Crippen LogP contribution in [0, 0.1) is 11.3 Å². The van der Waals surface area contributed by atoms with Gasteiger partial charge in [-0.25, -0.2) is 0 Å². The lowest BCUT2D eigenvalue weighted by Gasteiger charge is -2.04. The number of nitriles is 1. The summed E-state index contributed by atoms with van der Waals surface area (Å²) >= 11 is 17.5. The summed E-state index contributed by atoms with van der Waals surface area (Å²) in [6.45, 7) is 0. The van der Waals surface area contributed by atoms with Gasteiger partial charge >= 0.3 is 0 Å². The third-order valence-corrected chi connectivity index (χ3v) is 3.71. The minimum atomic E-state index is -0.518. The van der Waals surface area contributed by atoms with E-state index in [1.807, 2.05) is 6.07 Å². The second-order valence-electron chi connectivity index (χ2n) is 4.30. The number of anilines is 1. The van der Waals surface area contributed by atoms with Crippen molar-refractivity contribution in [3.8, 4) is 6.07 Å². The predicted molar refractivity (Wildman–Crippen MR) is 90.1 cm³/mol. The average Bonchev–Trinajstić information content (AvgIpc) is 2.50. The van der Waals surface area contributed by atoms with Gasteiger partial charge in [0.15, 0.2) is 0 Å². The summed E-state index contributed by atoms with van der Waals surface area (Å²) in [4.78, 5) is 12.1. The van der Waals surface area contributed by atoms with Gasteiger partial charge in [0.05, 0.1) is 10.0 Å². The molecule has 22 heavy (non-hydrogen) atoms. The Morgan fingerprint density at radius 1 is 1.05 bits per heavy atom. The maximum Gasteiger partial charge on any atom is 0.266 e. The topological polar surface area (TPSA) is 52.9 Å². The molecule has 0 heterocycles. The molecule has 0 aliphatic heterocycles. The van der Waals surface area contributed by atoms with Crippen molar-refractivity contribution in [1.82, 2.24) is 0 Å². The number of benzene rings is 2. The second-order valence-corrected chi connectivity index (χ2v) is 5.56. The Hall–Kier alpha value is -1.99. The number of amides is 1. The van der Waals surface area contributed by atoms with Gasteiger partial charge in [0, 0.05) is 10.7 Å². The van der Waals surface area contributed by atoms with Crippen molar-refractivity contribution < 1.29 is 4.79 Å². The van der Waals surface area contributed by atoms with E-state index in [4.69, 9.17) is 40.1 Å². The molecule has 0 aromatic heterocycles. The molecule has 2 rings (SSSR count). The van der Waals surface area contributed by atoms with Crippen molar-refractivity contribution in [2.24, 2.45) is 0 Å². The molecule has 0 spiro atoms. The van der Waals surface area contributed by atoms with Crippen LogP contribution in [0.3, 0.4) is 0 Å². The molecule has 0 fully saturated rings. The molecule has 0 unspecified atom stereocenters. The smallest absolute Gasteiger partial charge is 0.266 e. The van der Waals surface area contributed by atoms with Gasteiger partial charge < -0.3 is 5.32 Å². The summed E-state index contributed by atoms with van der Waals surface area (Å²) in [6.07, 6.45) is 1.44. The third kappa shape index (κ3) is 4.25. The normalized spacial score (nSPS) is 10.9. The van der Waals surface area contributed by atoms with E-state index in [0.717, 1.165) is 0 Å². The van der Waals surface area contributed by atoms with Gasteiger partial charge in [0.2, 0.25) is 0 Å². The first-order valence-electron chi connectivity index (χ1n) is 6.13. The zero-order valence-corrected chi connectivity index (χ0v) is 13.4. The highest BCUT2D eigenvalue weighted by Gasteiger charge is 2.10. The number of halogens is 3.